The van der Waals surface area contributed by atoms with Crippen LogP contribution in [0.1, 0.15) is 31.8 Å². The molecule has 21 heavy (non-hydrogen) atoms. The van der Waals surface area contributed by atoms with Gasteiger partial charge in [0.15, 0.2) is 11.6 Å². The second-order valence-electron chi connectivity index (χ2n) is 4.04. The number of halogens is 1. The molecular weight excluding hydrogens is 340 g/mol. The standard InChI is InChI=1S/C14H8O2.C3H5.BrH.Mg/c15-13-9-5-1-2-6-10(9)14(16)12-8-4-3-7-11(12)13;1-3-2;;/h1-8H;3H,1-2H2;1H;/q;-1;;+2/p-1. The Hall–Kier alpha value is -1.36. The fraction of sp³-hybridized carbons (Fsp3) is 0. The molecule has 0 spiro atoms. The molecular formula is C17H13BrMgO2. The summed E-state index contributed by atoms with van der Waals surface area (Å²) >= 11 is 0. The molecule has 2 aromatic carbocycles. The fourth-order valence-corrected chi connectivity index (χ4v) is 2.05. The van der Waals surface area contributed by atoms with Crippen molar-refractivity contribution in [2.75, 3.05) is 0 Å². The van der Waals surface area contributed by atoms with Crippen LogP contribution in [-0.2, 0) is 0 Å². The quantitative estimate of drug-likeness (QED) is 0.424. The first-order valence-electron chi connectivity index (χ1n) is 5.88. The van der Waals surface area contributed by atoms with Gasteiger partial charge in [-0.05, 0) is 0 Å². The van der Waals surface area contributed by atoms with Crippen molar-refractivity contribution in [3.05, 3.63) is 90.4 Å². The second-order valence-corrected chi connectivity index (χ2v) is 4.04. The summed E-state index contributed by atoms with van der Waals surface area (Å²) in [5.74, 6) is -0.128. The van der Waals surface area contributed by atoms with Crippen LogP contribution in [0.3, 0.4) is 0 Å². The Bertz CT molecular complexity index is 560. The van der Waals surface area contributed by atoms with E-state index in [4.69, 9.17) is 0 Å². The van der Waals surface area contributed by atoms with Gasteiger partial charge in [0.2, 0.25) is 0 Å². The van der Waals surface area contributed by atoms with Gasteiger partial charge in [0, 0.05) is 22.3 Å². The molecule has 0 saturated carbocycles. The predicted molar refractivity (Wildman–Crippen MR) is 81.1 cm³/mol. The summed E-state index contributed by atoms with van der Waals surface area (Å²) in [6, 6.07) is 13.9. The molecule has 2 aromatic rings. The maximum Gasteiger partial charge on any atom is 2.00 e. The molecule has 0 aromatic heterocycles. The molecule has 0 saturated heterocycles. The van der Waals surface area contributed by atoms with Gasteiger partial charge in [-0.15, -0.1) is 0 Å². The van der Waals surface area contributed by atoms with Gasteiger partial charge in [0.05, 0.1) is 0 Å². The van der Waals surface area contributed by atoms with Crippen molar-refractivity contribution in [2.24, 2.45) is 0 Å². The molecule has 4 heteroatoms. The average Bonchev–Trinajstić information content (AvgIpc) is 2.46. The minimum absolute atomic E-state index is 0. The van der Waals surface area contributed by atoms with Crippen LogP contribution in [0.25, 0.3) is 0 Å². The molecule has 3 rings (SSSR count). The molecule has 0 fully saturated rings. The van der Waals surface area contributed by atoms with E-state index in [2.05, 4.69) is 13.5 Å². The summed E-state index contributed by atoms with van der Waals surface area (Å²) < 4.78 is 0. The number of allylic oxidation sites excluding steroid dienone is 1. The first-order chi connectivity index (χ1) is 9.20. The van der Waals surface area contributed by atoms with Gasteiger partial charge in [-0.25, -0.2) is 19.6 Å². The Balaban J connectivity index is 0.000000742. The van der Waals surface area contributed by atoms with Crippen molar-refractivity contribution >= 4 is 34.6 Å². The third-order valence-corrected chi connectivity index (χ3v) is 2.83. The van der Waals surface area contributed by atoms with Crippen molar-refractivity contribution in [3.63, 3.8) is 0 Å². The molecule has 1 aliphatic carbocycles. The normalized spacial score (nSPS) is 10.7. The first kappa shape index (κ1) is 19.6. The van der Waals surface area contributed by atoms with E-state index in [1.807, 2.05) is 0 Å². The number of rotatable bonds is 0. The molecule has 0 atom stereocenters. The van der Waals surface area contributed by atoms with Gasteiger partial charge in [0.25, 0.3) is 0 Å². The molecule has 0 bridgehead atoms. The van der Waals surface area contributed by atoms with Crippen molar-refractivity contribution in [1.82, 2.24) is 0 Å². The zero-order valence-electron chi connectivity index (χ0n) is 11.5. The minimum Gasteiger partial charge on any atom is -1.00 e. The van der Waals surface area contributed by atoms with Gasteiger partial charge < -0.3 is 17.0 Å². The maximum atomic E-state index is 12.1. The molecule has 1 aliphatic rings. The van der Waals surface area contributed by atoms with Crippen LogP contribution in [0.5, 0.6) is 0 Å². The first-order valence-corrected chi connectivity index (χ1v) is 5.88. The molecule has 0 aliphatic heterocycles. The van der Waals surface area contributed by atoms with Gasteiger partial charge in [-0.1, -0.05) is 48.5 Å². The number of benzene rings is 2. The molecule has 0 radical (unpaired) electrons. The van der Waals surface area contributed by atoms with Gasteiger partial charge in [-0.2, -0.15) is 0 Å². The van der Waals surface area contributed by atoms with E-state index in [1.165, 1.54) is 6.08 Å². The largest absolute Gasteiger partial charge is 2.00 e. The van der Waals surface area contributed by atoms with Crippen molar-refractivity contribution in [2.45, 2.75) is 0 Å². The molecule has 0 amide bonds. The van der Waals surface area contributed by atoms with Crippen LogP contribution in [0.15, 0.2) is 61.2 Å². The molecule has 2 nitrogen and oxygen atoms in total. The number of carbonyl (C=O) groups excluding carboxylic acids is 2. The van der Waals surface area contributed by atoms with Crippen LogP contribution in [0.4, 0.5) is 0 Å². The van der Waals surface area contributed by atoms with Crippen LogP contribution in [0, 0.1) is 6.92 Å². The average molecular weight is 353 g/mol. The monoisotopic (exact) mass is 352 g/mol. The predicted octanol–water partition coefficient (Wildman–Crippen LogP) is 0.0917. The summed E-state index contributed by atoms with van der Waals surface area (Å²) in [7, 11) is 0. The van der Waals surface area contributed by atoms with Gasteiger partial charge in [0.1, 0.15) is 0 Å². The zero-order valence-corrected chi connectivity index (χ0v) is 14.5. The number of fused-ring (bicyclic) bond motifs is 2. The SMILES string of the molecule is C=C[CH2-].O=C1c2ccccc2C(=O)c2ccccc21.[Br-].[Mg+2]. The van der Waals surface area contributed by atoms with Crippen LogP contribution < -0.4 is 17.0 Å². The molecule has 0 heterocycles. The van der Waals surface area contributed by atoms with E-state index < -0.39 is 0 Å². The van der Waals surface area contributed by atoms with Crippen molar-refractivity contribution in [3.8, 4) is 0 Å². The fourth-order valence-electron chi connectivity index (χ4n) is 2.05. The van der Waals surface area contributed by atoms with E-state index in [0.717, 1.165) is 0 Å². The Morgan fingerprint density at radius 2 is 0.952 bits per heavy atom. The number of hydrogen-bond donors (Lipinski definition) is 0. The third-order valence-electron chi connectivity index (χ3n) is 2.83. The van der Waals surface area contributed by atoms with Crippen molar-refractivity contribution in [1.29, 1.82) is 0 Å². The Labute approximate surface area is 151 Å². The van der Waals surface area contributed by atoms with Crippen molar-refractivity contribution < 1.29 is 26.6 Å². The summed E-state index contributed by atoms with van der Waals surface area (Å²) in [4.78, 5) is 24.2. The summed E-state index contributed by atoms with van der Waals surface area (Å²) in [5.41, 5.74) is 2.02. The van der Waals surface area contributed by atoms with Crippen LogP contribution in [-0.4, -0.2) is 34.6 Å². The minimum atomic E-state index is -0.0641. The van der Waals surface area contributed by atoms with E-state index in [1.54, 1.807) is 48.5 Å². The van der Waals surface area contributed by atoms with Gasteiger partial charge in [-0.3, -0.25) is 9.59 Å². The Morgan fingerprint density at radius 1 is 0.762 bits per heavy atom. The smallest absolute Gasteiger partial charge is 1.00 e. The molecule has 0 N–H and O–H groups in total. The third kappa shape index (κ3) is 3.84. The van der Waals surface area contributed by atoms with E-state index in [9.17, 15) is 9.59 Å². The second kappa shape index (κ2) is 8.82. The van der Waals surface area contributed by atoms with Crippen LogP contribution in [0.2, 0.25) is 0 Å². The molecule has 102 valence electrons. The number of hydrogen-bond acceptors (Lipinski definition) is 2. The Kier molecular flexibility index (Phi) is 8.25. The topological polar surface area (TPSA) is 34.1 Å². The summed E-state index contributed by atoms with van der Waals surface area (Å²) in [5, 5.41) is 0. The summed E-state index contributed by atoms with van der Waals surface area (Å²) in [6.07, 6.45) is 1.50. The Morgan fingerprint density at radius 3 is 1.14 bits per heavy atom. The van der Waals surface area contributed by atoms with Crippen LogP contribution >= 0.6 is 0 Å². The zero-order chi connectivity index (χ0) is 13.8. The number of carbonyl (C=O) groups is 2. The maximum absolute atomic E-state index is 12.1. The number of ketones is 2. The summed E-state index contributed by atoms with van der Waals surface area (Å²) in [6.45, 7) is 6.50. The van der Waals surface area contributed by atoms with E-state index >= 15 is 0 Å². The van der Waals surface area contributed by atoms with Gasteiger partial charge >= 0.3 is 23.1 Å². The van der Waals surface area contributed by atoms with E-state index in [0.29, 0.717) is 22.3 Å². The van der Waals surface area contributed by atoms with E-state index in [-0.39, 0.29) is 51.6 Å². The molecule has 0 unspecified atom stereocenters.